The lowest BCUT2D eigenvalue weighted by Gasteiger charge is -2.40. The van der Waals surface area contributed by atoms with E-state index in [9.17, 15) is 19.2 Å². The van der Waals surface area contributed by atoms with Gasteiger partial charge in [-0.25, -0.2) is 4.79 Å². The second-order valence-electron chi connectivity index (χ2n) is 14.5. The Morgan fingerprint density at radius 3 is 2.11 bits per heavy atom. The average molecular weight is 627 g/mol. The van der Waals surface area contributed by atoms with Gasteiger partial charge < -0.3 is 20.1 Å². The van der Waals surface area contributed by atoms with Crippen LogP contribution < -0.4 is 10.6 Å². The molecule has 0 spiro atoms. The number of hydrogen-bond donors (Lipinski definition) is 2. The van der Waals surface area contributed by atoms with Gasteiger partial charge in [-0.15, -0.1) is 0 Å². The second kappa shape index (κ2) is 12.9. The van der Waals surface area contributed by atoms with Crippen LogP contribution in [0.5, 0.6) is 0 Å². The van der Waals surface area contributed by atoms with Gasteiger partial charge in [0.2, 0.25) is 5.91 Å². The van der Waals surface area contributed by atoms with Crippen molar-refractivity contribution in [1.82, 2.24) is 5.32 Å². The molecule has 8 nitrogen and oxygen atoms in total. The van der Waals surface area contributed by atoms with Crippen molar-refractivity contribution in [2.24, 2.45) is 16.7 Å². The number of carbonyl (C=O) groups excluding carboxylic acids is 4. The molecule has 0 saturated heterocycles. The van der Waals surface area contributed by atoms with Gasteiger partial charge >= 0.3 is 11.9 Å². The predicted molar refractivity (Wildman–Crippen MR) is 173 cm³/mol. The summed E-state index contributed by atoms with van der Waals surface area (Å²) in [6.45, 7) is 17.4. The Kier molecular flexibility index (Phi) is 10.3. The number of halogens is 1. The maximum Gasteiger partial charge on any atom is 0.328 e. The number of ether oxygens (including phenoxy) is 2. The minimum Gasteiger partial charge on any atom is -0.467 e. The van der Waals surface area contributed by atoms with Crippen LogP contribution in [0.3, 0.4) is 0 Å². The number of amides is 2. The van der Waals surface area contributed by atoms with Crippen LogP contribution in [-0.4, -0.2) is 42.5 Å². The second-order valence-corrected chi connectivity index (χ2v) is 14.9. The largest absolute Gasteiger partial charge is 0.467 e. The van der Waals surface area contributed by atoms with E-state index in [1.54, 1.807) is 30.3 Å². The minimum absolute atomic E-state index is 0.0933. The fourth-order valence-corrected chi connectivity index (χ4v) is 5.91. The lowest BCUT2D eigenvalue weighted by Crippen LogP contribution is -2.51. The van der Waals surface area contributed by atoms with E-state index in [1.807, 2.05) is 53.7 Å². The van der Waals surface area contributed by atoms with Crippen LogP contribution in [-0.2, 0) is 35.7 Å². The third-order valence-electron chi connectivity index (χ3n) is 8.93. The Labute approximate surface area is 266 Å². The Balaban J connectivity index is 1.70. The lowest BCUT2D eigenvalue weighted by atomic mass is 9.65. The molecule has 240 valence electrons. The Hall–Kier alpha value is -3.39. The Morgan fingerprint density at radius 1 is 0.977 bits per heavy atom. The molecule has 1 saturated carbocycles. The summed E-state index contributed by atoms with van der Waals surface area (Å²) in [4.78, 5) is 52.4. The highest BCUT2D eigenvalue weighted by atomic mass is 35.5. The molecule has 0 unspecified atom stereocenters. The first-order valence-electron chi connectivity index (χ1n) is 15.0. The van der Waals surface area contributed by atoms with Gasteiger partial charge in [0.1, 0.15) is 11.6 Å². The quantitative estimate of drug-likeness (QED) is 0.309. The lowest BCUT2D eigenvalue weighted by molar-refractivity contribution is -0.173. The van der Waals surface area contributed by atoms with Gasteiger partial charge in [0.05, 0.1) is 23.1 Å². The van der Waals surface area contributed by atoms with Gasteiger partial charge in [-0.05, 0) is 86.8 Å². The van der Waals surface area contributed by atoms with Gasteiger partial charge in [-0.3, -0.25) is 14.4 Å². The summed E-state index contributed by atoms with van der Waals surface area (Å²) in [7, 11) is 1.28. The van der Waals surface area contributed by atoms with E-state index >= 15 is 0 Å². The smallest absolute Gasteiger partial charge is 0.328 e. The standard InChI is InChI=1S/C35H47ClN2O6/c1-32(2,3)22-13-16-24(26(36)20-22)28(39)37-23-14-11-21(12-15-23)19-27(30(41)43-10)38-29(40)25-17-18-35(9,34(25,7)8)31(42)44-33(4,5)6/h11-16,20,25,27H,17-19H2,1-10H3,(H,37,39)(H,38,40)/t25-,27+,35+/m1/s1. The summed E-state index contributed by atoms with van der Waals surface area (Å²) in [5.41, 5.74) is 0.412. The molecule has 3 rings (SSSR count). The van der Waals surface area contributed by atoms with Crippen LogP contribution in [0.2, 0.25) is 5.02 Å². The molecular weight excluding hydrogens is 580 g/mol. The molecule has 1 aliphatic rings. The third-order valence-corrected chi connectivity index (χ3v) is 9.24. The van der Waals surface area contributed by atoms with E-state index in [0.29, 0.717) is 29.1 Å². The molecule has 9 heteroatoms. The van der Waals surface area contributed by atoms with Gasteiger partial charge in [-0.2, -0.15) is 0 Å². The Bertz CT molecular complexity index is 1400. The van der Waals surface area contributed by atoms with E-state index in [4.69, 9.17) is 21.1 Å². The van der Waals surface area contributed by atoms with Crippen LogP contribution in [0.15, 0.2) is 42.5 Å². The molecule has 0 bridgehead atoms. The van der Waals surface area contributed by atoms with Crippen LogP contribution in [0, 0.1) is 16.7 Å². The first-order valence-corrected chi connectivity index (χ1v) is 15.4. The fraction of sp³-hybridized carbons (Fsp3) is 0.543. The summed E-state index contributed by atoms with van der Waals surface area (Å²) in [5, 5.41) is 6.11. The van der Waals surface area contributed by atoms with Crippen molar-refractivity contribution in [3.63, 3.8) is 0 Å². The number of benzene rings is 2. The number of anilines is 1. The van der Waals surface area contributed by atoms with Crippen LogP contribution in [0.25, 0.3) is 0 Å². The molecule has 1 aliphatic carbocycles. The van der Waals surface area contributed by atoms with Crippen molar-refractivity contribution >= 4 is 41.0 Å². The summed E-state index contributed by atoms with van der Waals surface area (Å²) in [5.74, 6) is -2.05. The van der Waals surface area contributed by atoms with E-state index < -0.39 is 34.4 Å². The number of rotatable bonds is 8. The van der Waals surface area contributed by atoms with Crippen molar-refractivity contribution in [1.29, 1.82) is 0 Å². The minimum atomic E-state index is -0.933. The number of methoxy groups -OCH3 is 1. The number of carbonyl (C=O) groups is 4. The summed E-state index contributed by atoms with van der Waals surface area (Å²) < 4.78 is 10.7. The molecule has 44 heavy (non-hydrogen) atoms. The monoisotopic (exact) mass is 626 g/mol. The number of nitrogens with one attached hydrogen (secondary N) is 2. The first-order chi connectivity index (χ1) is 20.2. The zero-order valence-electron chi connectivity index (χ0n) is 27.6. The highest BCUT2D eigenvalue weighted by molar-refractivity contribution is 6.34. The molecule has 0 heterocycles. The van der Waals surface area contributed by atoms with Gasteiger partial charge in [0.25, 0.3) is 5.91 Å². The number of esters is 2. The first kappa shape index (κ1) is 35.1. The van der Waals surface area contributed by atoms with Crippen LogP contribution in [0.4, 0.5) is 5.69 Å². The van der Waals surface area contributed by atoms with Gasteiger partial charge in [0.15, 0.2) is 0 Å². The molecule has 2 aromatic carbocycles. The van der Waals surface area contributed by atoms with E-state index in [2.05, 4.69) is 31.4 Å². The van der Waals surface area contributed by atoms with Crippen molar-refractivity contribution < 1.29 is 28.7 Å². The average Bonchev–Trinajstić information content (AvgIpc) is 3.16. The maximum absolute atomic E-state index is 13.6. The molecular formula is C35H47ClN2O6. The summed E-state index contributed by atoms with van der Waals surface area (Å²) in [6, 6.07) is 11.5. The van der Waals surface area contributed by atoms with E-state index in [-0.39, 0.29) is 29.6 Å². The molecule has 2 amide bonds. The summed E-state index contributed by atoms with van der Waals surface area (Å²) >= 11 is 6.42. The van der Waals surface area contributed by atoms with Gasteiger partial charge in [-0.1, -0.05) is 64.4 Å². The molecule has 2 N–H and O–H groups in total. The zero-order chi connectivity index (χ0) is 33.3. The summed E-state index contributed by atoms with van der Waals surface area (Å²) in [6.07, 6.45) is 1.16. The SMILES string of the molecule is COC(=O)[C@H](Cc1ccc(NC(=O)c2ccc(C(C)(C)C)cc2Cl)cc1)NC(=O)[C@H]1CC[C@@](C)(C(=O)OC(C)(C)C)C1(C)C. The molecule has 0 aromatic heterocycles. The molecule has 1 fully saturated rings. The molecule has 0 aliphatic heterocycles. The van der Waals surface area contributed by atoms with E-state index in [1.165, 1.54) is 7.11 Å². The topological polar surface area (TPSA) is 111 Å². The van der Waals surface area contributed by atoms with Gasteiger partial charge in [0, 0.05) is 18.0 Å². The van der Waals surface area contributed by atoms with E-state index in [0.717, 1.165) is 11.1 Å². The Morgan fingerprint density at radius 2 is 1.59 bits per heavy atom. The molecule has 2 aromatic rings. The zero-order valence-corrected chi connectivity index (χ0v) is 28.4. The molecule has 3 atom stereocenters. The predicted octanol–water partition coefficient (Wildman–Crippen LogP) is 6.87. The van der Waals surface area contributed by atoms with Crippen LogP contribution >= 0.6 is 11.6 Å². The van der Waals surface area contributed by atoms with Crippen LogP contribution in [0.1, 0.15) is 96.6 Å². The number of hydrogen-bond acceptors (Lipinski definition) is 6. The third kappa shape index (κ3) is 7.81. The maximum atomic E-state index is 13.6. The molecule has 0 radical (unpaired) electrons. The van der Waals surface area contributed by atoms with Crippen molar-refractivity contribution in [2.75, 3.05) is 12.4 Å². The fourth-order valence-electron chi connectivity index (χ4n) is 5.65. The van der Waals surface area contributed by atoms with Crippen molar-refractivity contribution in [3.8, 4) is 0 Å². The highest BCUT2D eigenvalue weighted by Gasteiger charge is 2.59. The highest BCUT2D eigenvalue weighted by Crippen LogP contribution is 2.57. The van der Waals surface area contributed by atoms with Crippen molar-refractivity contribution in [3.05, 3.63) is 64.2 Å². The van der Waals surface area contributed by atoms with Crippen molar-refractivity contribution in [2.45, 2.75) is 98.6 Å². The normalized spacial score (nSPS) is 20.4.